The minimum absolute atomic E-state index is 0.0975. The fourth-order valence-electron chi connectivity index (χ4n) is 2.71. The summed E-state index contributed by atoms with van der Waals surface area (Å²) in [7, 11) is 0. The minimum Gasteiger partial charge on any atom is -0.364 e. The first-order chi connectivity index (χ1) is 10.7. The van der Waals surface area contributed by atoms with Crippen molar-refractivity contribution in [3.05, 3.63) is 46.6 Å². The van der Waals surface area contributed by atoms with Crippen LogP contribution in [0.15, 0.2) is 30.3 Å². The van der Waals surface area contributed by atoms with Crippen molar-refractivity contribution in [2.75, 3.05) is 6.54 Å². The quantitative estimate of drug-likeness (QED) is 0.847. The van der Waals surface area contributed by atoms with Crippen molar-refractivity contribution in [2.45, 2.75) is 25.7 Å². The average molecular weight is 313 g/mol. The number of amides is 1. The fourth-order valence-corrected chi connectivity index (χ4v) is 3.66. The van der Waals surface area contributed by atoms with E-state index in [1.165, 1.54) is 0 Å². The molecule has 0 aliphatic carbocycles. The second-order valence-electron chi connectivity index (χ2n) is 5.39. The number of carbonyl (C=O) groups is 1. The Morgan fingerprint density at radius 2 is 2.36 bits per heavy atom. The first kappa shape index (κ1) is 14.8. The van der Waals surface area contributed by atoms with E-state index >= 15 is 0 Å². The van der Waals surface area contributed by atoms with E-state index in [0.717, 1.165) is 46.9 Å². The number of aromatic nitrogens is 2. The lowest BCUT2D eigenvalue weighted by molar-refractivity contribution is -0.123. The Bertz CT molecular complexity index is 726. The maximum absolute atomic E-state index is 12.0. The van der Waals surface area contributed by atoms with E-state index in [1.807, 2.05) is 30.7 Å². The highest BCUT2D eigenvalue weighted by Crippen LogP contribution is 2.33. The molecule has 1 aliphatic heterocycles. The topological polar surface area (TPSA) is 57.8 Å². The number of rotatable bonds is 4. The lowest BCUT2D eigenvalue weighted by atomic mass is 9.99. The molecule has 1 amide bonds. The van der Waals surface area contributed by atoms with Gasteiger partial charge in [0.1, 0.15) is 5.01 Å². The van der Waals surface area contributed by atoms with Gasteiger partial charge in [0.05, 0.1) is 11.6 Å². The number of hydrogen-bond donors (Lipinski definition) is 2. The van der Waals surface area contributed by atoms with Gasteiger partial charge in [-0.3, -0.25) is 4.79 Å². The Hall–Kier alpha value is -2.14. The van der Waals surface area contributed by atoms with Crippen LogP contribution in [-0.4, -0.2) is 22.4 Å². The van der Waals surface area contributed by atoms with E-state index in [1.54, 1.807) is 17.4 Å². The minimum atomic E-state index is -0.0975. The number of aromatic amines is 1. The number of nitrogens with zero attached hydrogens (tertiary/aromatic N) is 1. The van der Waals surface area contributed by atoms with Crippen LogP contribution in [0.4, 0.5) is 0 Å². The van der Waals surface area contributed by atoms with E-state index in [4.69, 9.17) is 4.98 Å². The highest BCUT2D eigenvalue weighted by atomic mass is 32.1. The number of piperidine rings is 1. The van der Waals surface area contributed by atoms with Crippen LogP contribution in [0.25, 0.3) is 17.3 Å². The summed E-state index contributed by atoms with van der Waals surface area (Å²) in [4.78, 5) is 19.9. The van der Waals surface area contributed by atoms with Gasteiger partial charge in [-0.15, -0.1) is 11.3 Å². The zero-order chi connectivity index (χ0) is 15.5. The number of nitrogens with one attached hydrogen (secondary N) is 2. The molecule has 2 aromatic rings. The molecule has 1 atom stereocenters. The molecule has 1 fully saturated rings. The molecule has 2 N–H and O–H groups in total. The van der Waals surface area contributed by atoms with E-state index < -0.39 is 0 Å². The predicted molar refractivity (Wildman–Crippen MR) is 90.9 cm³/mol. The van der Waals surface area contributed by atoms with Crippen molar-refractivity contribution >= 4 is 23.3 Å². The van der Waals surface area contributed by atoms with Crippen LogP contribution in [0.5, 0.6) is 0 Å². The Morgan fingerprint density at radius 3 is 3.14 bits per heavy atom. The van der Waals surface area contributed by atoms with Crippen LogP contribution in [0.3, 0.4) is 0 Å². The molecular formula is C17H19N3OS. The molecule has 3 rings (SSSR count). The summed E-state index contributed by atoms with van der Waals surface area (Å²) in [5.74, 6) is 0.00359. The lowest BCUT2D eigenvalue weighted by Gasteiger charge is -2.19. The molecular weight excluding hydrogens is 294 g/mol. The van der Waals surface area contributed by atoms with Gasteiger partial charge in [-0.05, 0) is 19.8 Å². The van der Waals surface area contributed by atoms with Crippen LogP contribution in [0, 0.1) is 6.92 Å². The van der Waals surface area contributed by atoms with Crippen molar-refractivity contribution in [3.63, 3.8) is 0 Å². The SMILES string of the molecule is C=C/C=C\c1c(-c2csc(C3CCCNC3=O)n2)c[nH]c1C. The van der Waals surface area contributed by atoms with Gasteiger partial charge in [0.15, 0.2) is 0 Å². The maximum atomic E-state index is 12.0. The van der Waals surface area contributed by atoms with Crippen LogP contribution in [0.1, 0.15) is 35.0 Å². The summed E-state index contributed by atoms with van der Waals surface area (Å²) in [5.41, 5.74) is 4.20. The smallest absolute Gasteiger partial charge is 0.230 e. The number of allylic oxidation sites excluding steroid dienone is 2. The number of aryl methyl sites for hydroxylation is 1. The molecule has 22 heavy (non-hydrogen) atoms. The standard InChI is InChI=1S/C17H19N3OS/c1-3-4-6-12-11(2)19-9-14(12)15-10-22-17(20-15)13-7-5-8-18-16(13)21/h3-4,6,9-10,13,19H,1,5,7-8H2,2H3,(H,18,21)/b6-4-. The molecule has 1 aliphatic rings. The van der Waals surface area contributed by atoms with E-state index in [2.05, 4.69) is 16.9 Å². The largest absolute Gasteiger partial charge is 0.364 e. The second-order valence-corrected chi connectivity index (χ2v) is 6.28. The third-order valence-corrected chi connectivity index (χ3v) is 4.87. The van der Waals surface area contributed by atoms with Gasteiger partial charge in [-0.1, -0.05) is 24.8 Å². The second kappa shape index (κ2) is 6.32. The average Bonchev–Trinajstić information content (AvgIpc) is 3.12. The van der Waals surface area contributed by atoms with E-state index in [0.29, 0.717) is 0 Å². The summed E-state index contributed by atoms with van der Waals surface area (Å²) in [6, 6.07) is 0. The fraction of sp³-hybridized carbons (Fsp3) is 0.294. The molecule has 5 heteroatoms. The predicted octanol–water partition coefficient (Wildman–Crippen LogP) is 3.64. The summed E-state index contributed by atoms with van der Waals surface area (Å²) in [6.07, 6.45) is 9.57. The van der Waals surface area contributed by atoms with Crippen LogP contribution < -0.4 is 5.32 Å². The molecule has 0 aromatic carbocycles. The first-order valence-corrected chi connectivity index (χ1v) is 8.29. The Kier molecular flexibility index (Phi) is 4.24. The number of hydrogen-bond acceptors (Lipinski definition) is 3. The number of H-pyrrole nitrogens is 1. The molecule has 4 nitrogen and oxygen atoms in total. The molecule has 1 saturated heterocycles. The zero-order valence-corrected chi connectivity index (χ0v) is 13.4. The third kappa shape index (κ3) is 2.76. The van der Waals surface area contributed by atoms with Crippen molar-refractivity contribution in [3.8, 4) is 11.3 Å². The Balaban J connectivity index is 1.92. The van der Waals surface area contributed by atoms with Gasteiger partial charge in [-0.2, -0.15) is 0 Å². The van der Waals surface area contributed by atoms with Crippen molar-refractivity contribution in [1.29, 1.82) is 0 Å². The molecule has 0 bridgehead atoms. The molecule has 114 valence electrons. The van der Waals surface area contributed by atoms with Gasteiger partial charge >= 0.3 is 0 Å². The van der Waals surface area contributed by atoms with Gasteiger partial charge in [0.25, 0.3) is 0 Å². The lowest BCUT2D eigenvalue weighted by Crippen LogP contribution is -2.34. The number of carbonyl (C=O) groups excluding carboxylic acids is 1. The van der Waals surface area contributed by atoms with Gasteiger partial charge in [0.2, 0.25) is 5.91 Å². The Morgan fingerprint density at radius 1 is 1.50 bits per heavy atom. The van der Waals surface area contributed by atoms with Gasteiger partial charge in [0, 0.05) is 34.9 Å². The summed E-state index contributed by atoms with van der Waals surface area (Å²) in [6.45, 7) is 6.53. The van der Waals surface area contributed by atoms with Crippen LogP contribution >= 0.6 is 11.3 Å². The first-order valence-electron chi connectivity index (χ1n) is 7.41. The monoisotopic (exact) mass is 313 g/mol. The highest BCUT2D eigenvalue weighted by molar-refractivity contribution is 7.10. The normalized spacial score (nSPS) is 18.6. The van der Waals surface area contributed by atoms with E-state index in [9.17, 15) is 4.79 Å². The molecule has 1 unspecified atom stereocenters. The molecule has 3 heterocycles. The summed E-state index contributed by atoms with van der Waals surface area (Å²) in [5, 5.41) is 5.86. The molecule has 0 radical (unpaired) electrons. The van der Waals surface area contributed by atoms with Gasteiger partial charge in [-0.25, -0.2) is 4.98 Å². The third-order valence-electron chi connectivity index (χ3n) is 3.91. The van der Waals surface area contributed by atoms with E-state index in [-0.39, 0.29) is 11.8 Å². The van der Waals surface area contributed by atoms with Crippen LogP contribution in [-0.2, 0) is 4.79 Å². The zero-order valence-electron chi connectivity index (χ0n) is 12.6. The number of thiazole rings is 1. The maximum Gasteiger partial charge on any atom is 0.230 e. The summed E-state index contributed by atoms with van der Waals surface area (Å²) >= 11 is 1.57. The van der Waals surface area contributed by atoms with Gasteiger partial charge < -0.3 is 10.3 Å². The molecule has 2 aromatic heterocycles. The highest BCUT2D eigenvalue weighted by Gasteiger charge is 2.26. The van der Waals surface area contributed by atoms with Crippen molar-refractivity contribution < 1.29 is 4.79 Å². The molecule has 0 spiro atoms. The summed E-state index contributed by atoms with van der Waals surface area (Å²) < 4.78 is 0. The van der Waals surface area contributed by atoms with Crippen molar-refractivity contribution in [1.82, 2.24) is 15.3 Å². The van der Waals surface area contributed by atoms with Crippen LogP contribution in [0.2, 0.25) is 0 Å². The molecule has 0 saturated carbocycles. The van der Waals surface area contributed by atoms with Crippen molar-refractivity contribution in [2.24, 2.45) is 0 Å². The Labute approximate surface area is 134 Å².